The van der Waals surface area contributed by atoms with E-state index in [4.69, 9.17) is 5.11 Å². The van der Waals surface area contributed by atoms with E-state index < -0.39 is 5.97 Å². The van der Waals surface area contributed by atoms with Crippen molar-refractivity contribution in [3.05, 3.63) is 23.3 Å². The maximum Gasteiger partial charge on any atom is 0.339 e. The molecule has 0 atom stereocenters. The molecule has 0 aliphatic heterocycles. The molecule has 0 saturated carbocycles. The Morgan fingerprint density at radius 2 is 2.21 bits per heavy atom. The number of aryl methyl sites for hydroxylation is 1. The van der Waals surface area contributed by atoms with Gasteiger partial charge in [-0.25, -0.2) is 14.8 Å². The fourth-order valence-electron chi connectivity index (χ4n) is 1.16. The summed E-state index contributed by atoms with van der Waals surface area (Å²) in [4.78, 5) is 19.0. The molecule has 4 heteroatoms. The van der Waals surface area contributed by atoms with Crippen molar-refractivity contribution in [3.8, 4) is 0 Å². The second-order valence-electron chi connectivity index (χ2n) is 3.40. The van der Waals surface area contributed by atoms with Gasteiger partial charge < -0.3 is 5.11 Å². The minimum Gasteiger partial charge on any atom is -0.478 e. The monoisotopic (exact) mass is 194 g/mol. The number of aromatic nitrogens is 2. The highest BCUT2D eigenvalue weighted by Gasteiger charge is 2.12. The zero-order chi connectivity index (χ0) is 10.7. The van der Waals surface area contributed by atoms with Crippen LogP contribution < -0.4 is 0 Å². The van der Waals surface area contributed by atoms with Gasteiger partial charge in [0, 0.05) is 12.1 Å². The Morgan fingerprint density at radius 1 is 1.57 bits per heavy atom. The minimum atomic E-state index is -0.961. The lowest BCUT2D eigenvalue weighted by molar-refractivity contribution is 0.0694. The van der Waals surface area contributed by atoms with Crippen LogP contribution >= 0.6 is 0 Å². The first kappa shape index (κ1) is 10.6. The second kappa shape index (κ2) is 4.17. The van der Waals surface area contributed by atoms with E-state index in [0.717, 1.165) is 0 Å². The molecule has 0 amide bonds. The zero-order valence-corrected chi connectivity index (χ0v) is 8.61. The minimum absolute atomic E-state index is 0.205. The van der Waals surface area contributed by atoms with Crippen molar-refractivity contribution in [3.63, 3.8) is 0 Å². The maximum absolute atomic E-state index is 10.8. The Balaban J connectivity index is 3.18. The third-order valence-corrected chi connectivity index (χ3v) is 1.97. The summed E-state index contributed by atoms with van der Waals surface area (Å²) in [6, 6.07) is 0. The lowest BCUT2D eigenvalue weighted by atomic mass is 10.1. The van der Waals surface area contributed by atoms with E-state index in [1.165, 1.54) is 6.20 Å². The summed E-state index contributed by atoms with van der Waals surface area (Å²) in [5, 5.41) is 8.85. The van der Waals surface area contributed by atoms with Gasteiger partial charge in [-0.05, 0) is 6.42 Å². The van der Waals surface area contributed by atoms with Crippen molar-refractivity contribution >= 4 is 5.97 Å². The number of hydrogen-bond acceptors (Lipinski definition) is 3. The van der Waals surface area contributed by atoms with Crippen molar-refractivity contribution in [2.75, 3.05) is 0 Å². The fourth-order valence-corrected chi connectivity index (χ4v) is 1.16. The van der Waals surface area contributed by atoms with Crippen molar-refractivity contribution in [1.82, 2.24) is 9.97 Å². The molecule has 1 aromatic heterocycles. The molecule has 1 rings (SSSR count). The maximum atomic E-state index is 10.8. The molecule has 1 N–H and O–H groups in total. The van der Waals surface area contributed by atoms with Crippen LogP contribution in [-0.4, -0.2) is 21.0 Å². The number of carboxylic acid groups (broad SMARTS) is 1. The summed E-state index contributed by atoms with van der Waals surface area (Å²) < 4.78 is 0. The van der Waals surface area contributed by atoms with E-state index in [9.17, 15) is 4.79 Å². The molecule has 4 nitrogen and oxygen atoms in total. The molecular formula is C10H14N2O2. The van der Waals surface area contributed by atoms with Crippen molar-refractivity contribution in [2.24, 2.45) is 0 Å². The van der Waals surface area contributed by atoms with E-state index in [1.54, 1.807) is 0 Å². The summed E-state index contributed by atoms with van der Waals surface area (Å²) in [7, 11) is 0. The zero-order valence-electron chi connectivity index (χ0n) is 8.61. The summed E-state index contributed by atoms with van der Waals surface area (Å²) in [6.45, 7) is 5.85. The molecule has 14 heavy (non-hydrogen) atoms. The largest absolute Gasteiger partial charge is 0.478 e. The van der Waals surface area contributed by atoms with Gasteiger partial charge in [0.2, 0.25) is 0 Å². The number of nitrogens with zero attached hydrogens (tertiary/aromatic N) is 2. The van der Waals surface area contributed by atoms with Gasteiger partial charge in [0.25, 0.3) is 0 Å². The molecular weight excluding hydrogens is 180 g/mol. The average Bonchev–Trinajstić information content (AvgIpc) is 2.16. The van der Waals surface area contributed by atoms with Crippen LogP contribution in [0.25, 0.3) is 0 Å². The van der Waals surface area contributed by atoms with Gasteiger partial charge in [-0.2, -0.15) is 0 Å². The first-order valence-electron chi connectivity index (χ1n) is 4.65. The lowest BCUT2D eigenvalue weighted by Crippen LogP contribution is -2.09. The molecule has 0 fully saturated rings. The predicted molar refractivity (Wildman–Crippen MR) is 52.5 cm³/mol. The van der Waals surface area contributed by atoms with Gasteiger partial charge in [0.05, 0.1) is 11.3 Å². The Kier molecular flexibility index (Phi) is 3.17. The third kappa shape index (κ3) is 2.07. The number of carbonyl (C=O) groups is 1. The first-order valence-corrected chi connectivity index (χ1v) is 4.65. The highest BCUT2D eigenvalue weighted by molar-refractivity contribution is 5.88. The normalized spacial score (nSPS) is 10.6. The van der Waals surface area contributed by atoms with Crippen LogP contribution in [0.5, 0.6) is 0 Å². The van der Waals surface area contributed by atoms with E-state index in [2.05, 4.69) is 9.97 Å². The second-order valence-corrected chi connectivity index (χ2v) is 3.40. The van der Waals surface area contributed by atoms with Gasteiger partial charge in [0.15, 0.2) is 0 Å². The number of carboxylic acids is 1. The average molecular weight is 194 g/mol. The van der Waals surface area contributed by atoms with Gasteiger partial charge in [-0.3, -0.25) is 0 Å². The third-order valence-electron chi connectivity index (χ3n) is 1.97. The molecule has 1 aromatic rings. The molecule has 0 aliphatic rings. The van der Waals surface area contributed by atoms with Gasteiger partial charge >= 0.3 is 5.97 Å². The van der Waals surface area contributed by atoms with Crippen LogP contribution in [0.2, 0.25) is 0 Å². The van der Waals surface area contributed by atoms with Crippen molar-refractivity contribution < 1.29 is 9.90 Å². The molecule has 0 aliphatic carbocycles. The number of rotatable bonds is 3. The van der Waals surface area contributed by atoms with Crippen molar-refractivity contribution in [1.29, 1.82) is 0 Å². The molecule has 0 bridgehead atoms. The summed E-state index contributed by atoms with van der Waals surface area (Å²) in [6.07, 6.45) is 2.01. The molecule has 76 valence electrons. The van der Waals surface area contributed by atoms with Crippen molar-refractivity contribution in [2.45, 2.75) is 33.1 Å². The number of aromatic carboxylic acids is 1. The number of hydrogen-bond donors (Lipinski definition) is 1. The highest BCUT2D eigenvalue weighted by atomic mass is 16.4. The molecule has 0 unspecified atom stereocenters. The fraction of sp³-hybridized carbons (Fsp3) is 0.500. The van der Waals surface area contributed by atoms with Crippen LogP contribution in [-0.2, 0) is 6.42 Å². The molecule has 1 heterocycles. The van der Waals surface area contributed by atoms with Gasteiger partial charge in [0.1, 0.15) is 5.82 Å². The summed E-state index contributed by atoms with van der Waals surface area (Å²) >= 11 is 0. The SMILES string of the molecule is CCc1nc(C(C)C)ncc1C(=O)O. The quantitative estimate of drug-likeness (QED) is 0.797. The van der Waals surface area contributed by atoms with E-state index in [0.29, 0.717) is 17.9 Å². The summed E-state index contributed by atoms with van der Waals surface area (Å²) in [5.74, 6) is -0.0350. The standard InChI is InChI=1S/C10H14N2O2/c1-4-8-7(10(13)14)5-11-9(12-8)6(2)3/h5-6H,4H2,1-3H3,(H,13,14). The van der Waals surface area contributed by atoms with Gasteiger partial charge in [-0.15, -0.1) is 0 Å². The van der Waals surface area contributed by atoms with E-state index in [-0.39, 0.29) is 11.5 Å². The van der Waals surface area contributed by atoms with E-state index >= 15 is 0 Å². The summed E-state index contributed by atoms with van der Waals surface area (Å²) in [5.41, 5.74) is 0.813. The Bertz CT molecular complexity index is 348. The Hall–Kier alpha value is -1.45. The van der Waals surface area contributed by atoms with Crippen LogP contribution in [0.4, 0.5) is 0 Å². The van der Waals surface area contributed by atoms with Crippen LogP contribution in [0, 0.1) is 0 Å². The van der Waals surface area contributed by atoms with Gasteiger partial charge in [-0.1, -0.05) is 20.8 Å². The topological polar surface area (TPSA) is 63.1 Å². The smallest absolute Gasteiger partial charge is 0.339 e. The first-order chi connectivity index (χ1) is 6.56. The highest BCUT2D eigenvalue weighted by Crippen LogP contribution is 2.12. The molecule has 0 aromatic carbocycles. The molecule has 0 spiro atoms. The van der Waals surface area contributed by atoms with Crippen LogP contribution in [0.1, 0.15) is 48.6 Å². The molecule has 0 radical (unpaired) electrons. The van der Waals surface area contributed by atoms with Crippen LogP contribution in [0.15, 0.2) is 6.20 Å². The molecule has 0 saturated heterocycles. The van der Waals surface area contributed by atoms with E-state index in [1.807, 2.05) is 20.8 Å². The Labute approximate surface area is 83.0 Å². The van der Waals surface area contributed by atoms with Crippen LogP contribution in [0.3, 0.4) is 0 Å². The predicted octanol–water partition coefficient (Wildman–Crippen LogP) is 1.86. The lowest BCUT2D eigenvalue weighted by Gasteiger charge is -2.07. The Morgan fingerprint density at radius 3 is 2.64 bits per heavy atom.